The Morgan fingerprint density at radius 3 is 2.56 bits per heavy atom. The minimum atomic E-state index is -0.273. The summed E-state index contributed by atoms with van der Waals surface area (Å²) in [5.41, 5.74) is 6.75. The van der Waals surface area contributed by atoms with Crippen LogP contribution in [0.2, 0.25) is 5.02 Å². The van der Waals surface area contributed by atoms with Gasteiger partial charge in [-0.3, -0.25) is 0 Å². The van der Waals surface area contributed by atoms with Gasteiger partial charge in [-0.05, 0) is 30.9 Å². The van der Waals surface area contributed by atoms with E-state index in [0.717, 1.165) is 12.8 Å². The number of nitrogens with two attached hydrogens (primary N) is 1. The summed E-state index contributed by atoms with van der Waals surface area (Å²) in [5.74, 6) is 0.148. The summed E-state index contributed by atoms with van der Waals surface area (Å²) < 4.78 is 13.7. The molecule has 1 atom stereocenters. The van der Waals surface area contributed by atoms with Gasteiger partial charge in [-0.1, -0.05) is 36.9 Å². The minimum absolute atomic E-state index is 0.183. The van der Waals surface area contributed by atoms with Crippen LogP contribution in [0.15, 0.2) is 18.2 Å². The van der Waals surface area contributed by atoms with E-state index in [1.165, 1.54) is 25.3 Å². The predicted octanol–water partition coefficient (Wildman–Crippen LogP) is 4.06. The molecule has 0 saturated heterocycles. The van der Waals surface area contributed by atoms with Crippen molar-refractivity contribution in [2.45, 2.75) is 38.1 Å². The van der Waals surface area contributed by atoms with Crippen LogP contribution >= 0.6 is 11.6 Å². The van der Waals surface area contributed by atoms with Crippen molar-refractivity contribution in [1.29, 1.82) is 0 Å². The molecule has 3 heteroatoms. The van der Waals surface area contributed by atoms with E-state index in [-0.39, 0.29) is 11.9 Å². The van der Waals surface area contributed by atoms with Crippen LogP contribution in [0.5, 0.6) is 0 Å². The molecule has 2 rings (SSSR count). The van der Waals surface area contributed by atoms with Gasteiger partial charge >= 0.3 is 0 Å². The molecule has 0 spiro atoms. The van der Waals surface area contributed by atoms with Gasteiger partial charge in [-0.2, -0.15) is 0 Å². The normalized spacial score (nSPS) is 19.7. The highest BCUT2D eigenvalue weighted by Crippen LogP contribution is 2.34. The molecule has 0 amide bonds. The van der Waals surface area contributed by atoms with Gasteiger partial charge < -0.3 is 5.73 Å². The lowest BCUT2D eigenvalue weighted by Gasteiger charge is -2.28. The summed E-state index contributed by atoms with van der Waals surface area (Å²) >= 11 is 5.73. The first-order valence-corrected chi connectivity index (χ1v) is 6.27. The predicted molar refractivity (Wildman–Crippen MR) is 64.9 cm³/mol. The molecular formula is C13H17ClFN. The van der Waals surface area contributed by atoms with Crippen LogP contribution in [0.4, 0.5) is 4.39 Å². The topological polar surface area (TPSA) is 26.0 Å². The van der Waals surface area contributed by atoms with Crippen molar-refractivity contribution in [1.82, 2.24) is 0 Å². The molecule has 1 fully saturated rings. The molecule has 1 unspecified atom stereocenters. The molecule has 1 saturated carbocycles. The molecule has 0 radical (unpaired) electrons. The number of benzene rings is 1. The van der Waals surface area contributed by atoms with Crippen LogP contribution < -0.4 is 5.73 Å². The van der Waals surface area contributed by atoms with Crippen molar-refractivity contribution in [2.24, 2.45) is 11.7 Å². The molecule has 0 aromatic heterocycles. The maximum atomic E-state index is 13.7. The Bertz CT molecular complexity index is 361. The molecule has 1 nitrogen and oxygen atoms in total. The largest absolute Gasteiger partial charge is 0.324 e. The van der Waals surface area contributed by atoms with Crippen molar-refractivity contribution in [3.8, 4) is 0 Å². The summed E-state index contributed by atoms with van der Waals surface area (Å²) in [6, 6.07) is 4.59. The minimum Gasteiger partial charge on any atom is -0.324 e. The molecule has 2 N–H and O–H groups in total. The van der Waals surface area contributed by atoms with E-state index < -0.39 is 0 Å². The maximum Gasteiger partial charge on any atom is 0.129 e. The quantitative estimate of drug-likeness (QED) is 0.830. The second-order valence-corrected chi connectivity index (χ2v) is 5.03. The number of rotatable bonds is 2. The van der Waals surface area contributed by atoms with E-state index in [4.69, 9.17) is 17.3 Å². The van der Waals surface area contributed by atoms with Crippen LogP contribution in [-0.2, 0) is 0 Å². The fourth-order valence-corrected chi connectivity index (χ4v) is 2.68. The Balaban J connectivity index is 2.15. The van der Waals surface area contributed by atoms with Crippen LogP contribution in [-0.4, -0.2) is 0 Å². The first-order valence-electron chi connectivity index (χ1n) is 5.89. The van der Waals surface area contributed by atoms with Crippen LogP contribution in [0.3, 0.4) is 0 Å². The van der Waals surface area contributed by atoms with Gasteiger partial charge in [-0.25, -0.2) is 4.39 Å². The smallest absolute Gasteiger partial charge is 0.129 e. The Morgan fingerprint density at radius 1 is 1.25 bits per heavy atom. The van der Waals surface area contributed by atoms with Gasteiger partial charge in [0.2, 0.25) is 0 Å². The van der Waals surface area contributed by atoms with Crippen molar-refractivity contribution >= 4 is 11.6 Å². The van der Waals surface area contributed by atoms with Crippen LogP contribution in [0.1, 0.15) is 43.7 Å². The Morgan fingerprint density at radius 2 is 1.94 bits per heavy atom. The van der Waals surface area contributed by atoms with Gasteiger partial charge in [0.1, 0.15) is 5.82 Å². The lowest BCUT2D eigenvalue weighted by molar-refractivity contribution is 0.303. The summed E-state index contributed by atoms with van der Waals surface area (Å²) in [5, 5.41) is 0.428. The number of hydrogen-bond donors (Lipinski definition) is 1. The fourth-order valence-electron chi connectivity index (χ4n) is 2.52. The average molecular weight is 242 g/mol. The standard InChI is InChI=1S/C13H17ClFN/c14-10-6-7-11(12(15)8-10)13(16)9-4-2-1-3-5-9/h6-9,13H,1-5,16H2. The van der Waals surface area contributed by atoms with Crippen LogP contribution in [0.25, 0.3) is 0 Å². The first-order chi connectivity index (χ1) is 7.68. The van der Waals surface area contributed by atoms with Gasteiger partial charge in [0.25, 0.3) is 0 Å². The fraction of sp³-hybridized carbons (Fsp3) is 0.538. The summed E-state index contributed by atoms with van der Waals surface area (Å²) in [6.45, 7) is 0. The summed E-state index contributed by atoms with van der Waals surface area (Å²) in [7, 11) is 0. The lowest BCUT2D eigenvalue weighted by Crippen LogP contribution is -2.24. The third kappa shape index (κ3) is 2.55. The molecule has 16 heavy (non-hydrogen) atoms. The third-order valence-corrected chi connectivity index (χ3v) is 3.71. The molecule has 1 aromatic carbocycles. The van der Waals surface area contributed by atoms with Gasteiger partial charge in [0.15, 0.2) is 0 Å². The maximum absolute atomic E-state index is 13.7. The van der Waals surface area contributed by atoms with E-state index in [9.17, 15) is 4.39 Å². The average Bonchev–Trinajstić information content (AvgIpc) is 2.29. The van der Waals surface area contributed by atoms with E-state index in [2.05, 4.69) is 0 Å². The van der Waals surface area contributed by atoms with Gasteiger partial charge in [0.05, 0.1) is 0 Å². The van der Waals surface area contributed by atoms with Crippen molar-refractivity contribution in [2.75, 3.05) is 0 Å². The molecule has 1 aromatic rings. The molecule has 88 valence electrons. The van der Waals surface area contributed by atoms with E-state index in [1.807, 2.05) is 0 Å². The van der Waals surface area contributed by atoms with E-state index >= 15 is 0 Å². The second kappa shape index (κ2) is 5.15. The molecule has 0 bridgehead atoms. The van der Waals surface area contributed by atoms with Crippen molar-refractivity contribution < 1.29 is 4.39 Å². The van der Waals surface area contributed by atoms with Gasteiger partial charge in [0, 0.05) is 16.6 Å². The Hall–Kier alpha value is -0.600. The zero-order valence-corrected chi connectivity index (χ0v) is 10.0. The zero-order valence-electron chi connectivity index (χ0n) is 9.26. The highest BCUT2D eigenvalue weighted by atomic mass is 35.5. The first kappa shape index (κ1) is 11.9. The monoisotopic (exact) mass is 241 g/mol. The van der Waals surface area contributed by atoms with Crippen LogP contribution in [0, 0.1) is 11.7 Å². The molecule has 0 heterocycles. The number of hydrogen-bond acceptors (Lipinski definition) is 1. The molecule has 1 aliphatic carbocycles. The Kier molecular flexibility index (Phi) is 3.82. The summed E-state index contributed by atoms with van der Waals surface area (Å²) in [6.07, 6.45) is 5.94. The highest BCUT2D eigenvalue weighted by molar-refractivity contribution is 6.30. The van der Waals surface area contributed by atoms with E-state index in [0.29, 0.717) is 16.5 Å². The van der Waals surface area contributed by atoms with Crippen molar-refractivity contribution in [3.05, 3.63) is 34.6 Å². The van der Waals surface area contributed by atoms with Gasteiger partial charge in [-0.15, -0.1) is 0 Å². The summed E-state index contributed by atoms with van der Waals surface area (Å²) in [4.78, 5) is 0. The van der Waals surface area contributed by atoms with Crippen molar-refractivity contribution in [3.63, 3.8) is 0 Å². The molecule has 1 aliphatic rings. The Labute approximate surface area is 101 Å². The zero-order chi connectivity index (χ0) is 11.5. The highest BCUT2D eigenvalue weighted by Gasteiger charge is 2.23. The molecular weight excluding hydrogens is 225 g/mol. The third-order valence-electron chi connectivity index (χ3n) is 3.48. The van der Waals surface area contributed by atoms with E-state index in [1.54, 1.807) is 12.1 Å². The number of halogens is 2. The molecule has 0 aliphatic heterocycles. The lowest BCUT2D eigenvalue weighted by atomic mass is 9.81. The second-order valence-electron chi connectivity index (χ2n) is 4.59. The SMILES string of the molecule is NC(c1ccc(Cl)cc1F)C1CCCCC1.